The zero-order valence-corrected chi connectivity index (χ0v) is 24.8. The monoisotopic (exact) mass is 586 g/mol. The predicted molar refractivity (Wildman–Crippen MR) is 191 cm³/mol. The molecule has 10 rings (SSSR count). The minimum Gasteiger partial charge on any atom is -0.309 e. The van der Waals surface area contributed by atoms with Crippen LogP contribution in [0.5, 0.6) is 0 Å². The SMILES string of the molecule is c1ccc(-c2cc(-n3c4ccccc4c4cc5c(cc43)c3ccccc3n5-c3ccc4cnccc4c3)cc3ccncc23)cc1. The molecule has 0 atom stereocenters. The van der Waals surface area contributed by atoms with Crippen LogP contribution in [-0.4, -0.2) is 19.1 Å². The van der Waals surface area contributed by atoms with E-state index in [1.54, 1.807) is 0 Å². The van der Waals surface area contributed by atoms with Crippen LogP contribution in [0.1, 0.15) is 0 Å². The van der Waals surface area contributed by atoms with E-state index in [2.05, 4.69) is 153 Å². The third-order valence-corrected chi connectivity index (χ3v) is 9.43. The summed E-state index contributed by atoms with van der Waals surface area (Å²) in [6, 6.07) is 48.4. The Bertz CT molecular complexity index is 2810. The number of benzene rings is 6. The summed E-state index contributed by atoms with van der Waals surface area (Å²) in [5.74, 6) is 0. The second-order valence-corrected chi connectivity index (χ2v) is 12.0. The minimum atomic E-state index is 1.13. The van der Waals surface area contributed by atoms with Gasteiger partial charge in [-0.05, 0) is 82.6 Å². The van der Waals surface area contributed by atoms with Crippen molar-refractivity contribution in [3.63, 3.8) is 0 Å². The average Bonchev–Trinajstić information content (AvgIpc) is 3.62. The molecule has 0 amide bonds. The van der Waals surface area contributed by atoms with E-state index in [1.807, 2.05) is 24.8 Å². The van der Waals surface area contributed by atoms with Gasteiger partial charge in [-0.25, -0.2) is 0 Å². The van der Waals surface area contributed by atoms with Gasteiger partial charge < -0.3 is 9.13 Å². The van der Waals surface area contributed by atoms with Crippen LogP contribution in [0.25, 0.3) is 87.7 Å². The summed E-state index contributed by atoms with van der Waals surface area (Å²) >= 11 is 0. The van der Waals surface area contributed by atoms with E-state index in [0.29, 0.717) is 0 Å². The Balaban J connectivity index is 1.32. The fourth-order valence-electron chi connectivity index (χ4n) is 7.37. The second-order valence-electron chi connectivity index (χ2n) is 12.0. The Morgan fingerprint density at radius 3 is 1.72 bits per heavy atom. The van der Waals surface area contributed by atoms with Crippen LogP contribution in [-0.2, 0) is 0 Å². The molecule has 0 radical (unpaired) electrons. The molecular formula is C42H26N4. The largest absolute Gasteiger partial charge is 0.309 e. The summed E-state index contributed by atoms with van der Waals surface area (Å²) in [4.78, 5) is 8.81. The van der Waals surface area contributed by atoms with E-state index >= 15 is 0 Å². The van der Waals surface area contributed by atoms with Crippen LogP contribution in [0.2, 0.25) is 0 Å². The number of pyridine rings is 2. The van der Waals surface area contributed by atoms with Gasteiger partial charge in [-0.15, -0.1) is 0 Å². The number of hydrogen-bond acceptors (Lipinski definition) is 2. The van der Waals surface area contributed by atoms with E-state index < -0.39 is 0 Å². The maximum Gasteiger partial charge on any atom is 0.0548 e. The smallest absolute Gasteiger partial charge is 0.0548 e. The zero-order chi connectivity index (χ0) is 30.2. The minimum absolute atomic E-state index is 1.13. The molecule has 4 heteroatoms. The summed E-state index contributed by atoms with van der Waals surface area (Å²) in [5, 5.41) is 9.56. The van der Waals surface area contributed by atoms with E-state index in [-0.39, 0.29) is 0 Å². The molecular weight excluding hydrogens is 560 g/mol. The molecule has 0 unspecified atom stereocenters. The topological polar surface area (TPSA) is 35.6 Å². The van der Waals surface area contributed by atoms with Gasteiger partial charge in [0.05, 0.1) is 22.1 Å². The highest BCUT2D eigenvalue weighted by atomic mass is 15.0. The Hall–Kier alpha value is -6.26. The highest BCUT2D eigenvalue weighted by Gasteiger charge is 2.19. The molecule has 0 aliphatic heterocycles. The highest BCUT2D eigenvalue weighted by Crippen LogP contribution is 2.41. The van der Waals surface area contributed by atoms with E-state index in [9.17, 15) is 0 Å². The van der Waals surface area contributed by atoms with Crippen molar-refractivity contribution in [2.24, 2.45) is 0 Å². The first kappa shape index (κ1) is 25.1. The first-order chi connectivity index (χ1) is 22.8. The van der Waals surface area contributed by atoms with Gasteiger partial charge in [0.2, 0.25) is 0 Å². The summed E-state index contributed by atoms with van der Waals surface area (Å²) in [6.07, 6.45) is 7.66. The van der Waals surface area contributed by atoms with E-state index in [1.165, 1.54) is 65.5 Å². The number of fused-ring (bicyclic) bond motifs is 8. The van der Waals surface area contributed by atoms with Crippen LogP contribution in [0.3, 0.4) is 0 Å². The standard InChI is InChI=1S/C42H26N4/c1-2-8-27(9-3-1)35-22-32(21-29-17-19-44-26-38(29)35)46-40-13-7-5-11-34(40)37-23-41-36(24-42(37)46)33-10-4-6-12-39(33)45(41)31-15-14-30-25-43-18-16-28(30)20-31/h1-26H. The first-order valence-electron chi connectivity index (χ1n) is 15.6. The Labute approximate surface area is 264 Å². The fourth-order valence-corrected chi connectivity index (χ4v) is 7.37. The molecule has 0 bridgehead atoms. The molecule has 4 nitrogen and oxygen atoms in total. The number of rotatable bonds is 3. The van der Waals surface area contributed by atoms with Gasteiger partial charge in [-0.2, -0.15) is 0 Å². The summed E-state index contributed by atoms with van der Waals surface area (Å²) in [7, 11) is 0. The Morgan fingerprint density at radius 2 is 0.978 bits per heavy atom. The van der Waals surface area contributed by atoms with Crippen LogP contribution in [0.4, 0.5) is 0 Å². The number of aromatic nitrogens is 4. The molecule has 4 aromatic heterocycles. The lowest BCUT2D eigenvalue weighted by molar-refractivity contribution is 1.18. The maximum absolute atomic E-state index is 4.49. The fraction of sp³-hybridized carbons (Fsp3) is 0. The Kier molecular flexibility index (Phi) is 5.25. The van der Waals surface area contributed by atoms with Crippen molar-refractivity contribution < 1.29 is 0 Å². The molecule has 0 saturated carbocycles. The van der Waals surface area contributed by atoms with E-state index in [4.69, 9.17) is 0 Å². The van der Waals surface area contributed by atoms with Crippen LogP contribution >= 0.6 is 0 Å². The van der Waals surface area contributed by atoms with Crippen molar-refractivity contribution >= 4 is 65.2 Å². The van der Waals surface area contributed by atoms with Crippen LogP contribution < -0.4 is 0 Å². The van der Waals surface area contributed by atoms with Crippen molar-refractivity contribution in [3.05, 3.63) is 158 Å². The molecule has 10 aromatic rings. The second kappa shape index (κ2) is 9.62. The summed E-state index contributed by atoms with van der Waals surface area (Å²) in [5.41, 5.74) is 9.40. The van der Waals surface area contributed by atoms with Gasteiger partial charge in [0.25, 0.3) is 0 Å². The van der Waals surface area contributed by atoms with E-state index in [0.717, 1.165) is 22.1 Å². The van der Waals surface area contributed by atoms with Gasteiger partial charge in [-0.1, -0.05) is 72.8 Å². The van der Waals surface area contributed by atoms with Crippen molar-refractivity contribution in [3.8, 4) is 22.5 Å². The van der Waals surface area contributed by atoms with Gasteiger partial charge >= 0.3 is 0 Å². The first-order valence-corrected chi connectivity index (χ1v) is 15.6. The maximum atomic E-state index is 4.49. The van der Waals surface area contributed by atoms with Gasteiger partial charge in [0.1, 0.15) is 0 Å². The molecule has 4 heterocycles. The lowest BCUT2D eigenvalue weighted by Gasteiger charge is -2.14. The van der Waals surface area contributed by atoms with Crippen molar-refractivity contribution in [2.45, 2.75) is 0 Å². The molecule has 0 aliphatic carbocycles. The molecule has 214 valence electrons. The zero-order valence-electron chi connectivity index (χ0n) is 24.8. The van der Waals surface area contributed by atoms with Gasteiger partial charge in [0, 0.05) is 68.5 Å². The van der Waals surface area contributed by atoms with Crippen molar-refractivity contribution in [1.29, 1.82) is 0 Å². The highest BCUT2D eigenvalue weighted by molar-refractivity contribution is 6.19. The molecule has 0 fully saturated rings. The molecule has 0 aliphatic rings. The predicted octanol–water partition coefficient (Wildman–Crippen LogP) is 10.6. The molecule has 0 spiro atoms. The molecule has 0 saturated heterocycles. The van der Waals surface area contributed by atoms with Crippen molar-refractivity contribution in [1.82, 2.24) is 19.1 Å². The van der Waals surface area contributed by atoms with Crippen LogP contribution in [0, 0.1) is 0 Å². The normalized spacial score (nSPS) is 11.9. The average molecular weight is 587 g/mol. The van der Waals surface area contributed by atoms with Crippen molar-refractivity contribution in [2.75, 3.05) is 0 Å². The molecule has 46 heavy (non-hydrogen) atoms. The van der Waals surface area contributed by atoms with Crippen LogP contribution in [0.15, 0.2) is 158 Å². The summed E-state index contributed by atoms with van der Waals surface area (Å²) < 4.78 is 4.85. The lowest BCUT2D eigenvalue weighted by Crippen LogP contribution is -1.96. The number of hydrogen-bond donors (Lipinski definition) is 0. The van der Waals surface area contributed by atoms with Gasteiger partial charge in [0.15, 0.2) is 0 Å². The molecule has 6 aromatic carbocycles. The lowest BCUT2D eigenvalue weighted by atomic mass is 9.98. The Morgan fingerprint density at radius 1 is 0.370 bits per heavy atom. The number of nitrogens with zero attached hydrogens (tertiary/aromatic N) is 4. The third-order valence-electron chi connectivity index (χ3n) is 9.43. The summed E-state index contributed by atoms with van der Waals surface area (Å²) in [6.45, 7) is 0. The third kappa shape index (κ3) is 3.61. The molecule has 0 N–H and O–H groups in total. The quantitative estimate of drug-likeness (QED) is 0.206. The van der Waals surface area contributed by atoms with Gasteiger partial charge in [-0.3, -0.25) is 9.97 Å². The number of para-hydroxylation sites is 2.